The summed E-state index contributed by atoms with van der Waals surface area (Å²) in [5.41, 5.74) is 0. The van der Waals surface area contributed by atoms with Crippen molar-refractivity contribution in [3.8, 4) is 0 Å². The van der Waals surface area contributed by atoms with Crippen molar-refractivity contribution in [2.24, 2.45) is 0 Å². The molecule has 0 aliphatic carbocycles. The Bertz CT molecular complexity index is 438. The van der Waals surface area contributed by atoms with Crippen LogP contribution in [0.25, 0.3) is 0 Å². The minimum Gasteiger partial charge on any atom is -0.471 e. The molecule has 0 saturated heterocycles. The summed E-state index contributed by atoms with van der Waals surface area (Å²) < 4.78 is 46.8. The summed E-state index contributed by atoms with van der Waals surface area (Å²) in [6.07, 6.45) is 0.193. The largest absolute Gasteiger partial charge is 0.471 e. The van der Waals surface area contributed by atoms with Crippen LogP contribution in [0.1, 0.15) is 5.76 Å². The van der Waals surface area contributed by atoms with Crippen LogP contribution in [0.3, 0.4) is 0 Å². The van der Waals surface area contributed by atoms with Gasteiger partial charge in [0, 0.05) is 6.42 Å². The third-order valence-electron chi connectivity index (χ3n) is 2.45. The molecule has 0 N–H and O–H groups in total. The van der Waals surface area contributed by atoms with Gasteiger partial charge in [0.05, 0.1) is 12.0 Å². The Labute approximate surface area is 110 Å². The first kappa shape index (κ1) is 15.8. The number of esters is 1. The van der Waals surface area contributed by atoms with Crippen LogP contribution in [0, 0.1) is 0 Å². The SMILES string of the molecule is C[Si](C)(C)c1ccc(CCOC(=O)C(F)(F)CF)o1. The maximum Gasteiger partial charge on any atom is 0.379 e. The Morgan fingerprint density at radius 1 is 1.37 bits per heavy atom. The van der Waals surface area contributed by atoms with E-state index in [4.69, 9.17) is 4.42 Å². The zero-order chi connectivity index (χ0) is 14.7. The molecule has 0 unspecified atom stereocenters. The molecule has 0 atom stereocenters. The van der Waals surface area contributed by atoms with Crippen molar-refractivity contribution in [2.75, 3.05) is 13.3 Å². The van der Waals surface area contributed by atoms with Gasteiger partial charge in [0.2, 0.25) is 0 Å². The van der Waals surface area contributed by atoms with Gasteiger partial charge >= 0.3 is 11.9 Å². The molecule has 0 fully saturated rings. The highest BCUT2D eigenvalue weighted by atomic mass is 28.3. The molecule has 1 heterocycles. The molecule has 0 spiro atoms. The molecule has 7 heteroatoms. The van der Waals surface area contributed by atoms with Gasteiger partial charge in [-0.3, -0.25) is 0 Å². The number of carbonyl (C=O) groups excluding carboxylic acids is 1. The lowest BCUT2D eigenvalue weighted by Gasteiger charge is -2.12. The molecule has 0 saturated carbocycles. The van der Waals surface area contributed by atoms with Gasteiger partial charge in [-0.05, 0) is 12.1 Å². The van der Waals surface area contributed by atoms with Gasteiger partial charge in [-0.15, -0.1) is 0 Å². The fraction of sp³-hybridized carbons (Fsp3) is 0.583. The van der Waals surface area contributed by atoms with Gasteiger partial charge in [-0.1, -0.05) is 19.6 Å². The van der Waals surface area contributed by atoms with E-state index in [0.29, 0.717) is 5.76 Å². The minimum absolute atomic E-state index is 0.193. The maximum absolute atomic E-state index is 12.6. The first-order chi connectivity index (χ1) is 8.66. The Morgan fingerprint density at radius 3 is 2.47 bits per heavy atom. The zero-order valence-electron chi connectivity index (χ0n) is 11.1. The van der Waals surface area contributed by atoms with Crippen LogP contribution in [0.2, 0.25) is 19.6 Å². The second-order valence-electron chi connectivity index (χ2n) is 5.24. The molecule has 0 amide bonds. The quantitative estimate of drug-likeness (QED) is 0.598. The molecule has 108 valence electrons. The highest BCUT2D eigenvalue weighted by molar-refractivity contribution is 6.87. The molecular weight excluding hydrogens is 277 g/mol. The predicted octanol–water partition coefficient (Wildman–Crippen LogP) is 2.52. The van der Waals surface area contributed by atoms with Crippen molar-refractivity contribution >= 4 is 19.4 Å². The smallest absolute Gasteiger partial charge is 0.379 e. The number of carbonyl (C=O) groups is 1. The van der Waals surface area contributed by atoms with Crippen LogP contribution in [0.5, 0.6) is 0 Å². The number of ether oxygens (including phenoxy) is 1. The monoisotopic (exact) mass is 294 g/mol. The molecule has 1 aromatic rings. The summed E-state index contributed by atoms with van der Waals surface area (Å²) in [4.78, 5) is 10.8. The summed E-state index contributed by atoms with van der Waals surface area (Å²) in [6.45, 7) is 4.02. The number of furan rings is 1. The molecule has 0 aromatic carbocycles. The van der Waals surface area contributed by atoms with Crippen LogP contribution in [0.15, 0.2) is 16.5 Å². The van der Waals surface area contributed by atoms with Crippen LogP contribution < -0.4 is 5.38 Å². The lowest BCUT2D eigenvalue weighted by molar-refractivity contribution is -0.173. The summed E-state index contributed by atoms with van der Waals surface area (Å²) in [5.74, 6) is -5.34. The third kappa shape index (κ3) is 4.41. The van der Waals surface area contributed by atoms with E-state index in [1.807, 2.05) is 6.07 Å². The number of halogens is 3. The molecule has 0 radical (unpaired) electrons. The Balaban J connectivity index is 2.46. The first-order valence-electron chi connectivity index (χ1n) is 5.87. The van der Waals surface area contributed by atoms with Gasteiger partial charge in [0.25, 0.3) is 0 Å². The summed E-state index contributed by atoms with van der Waals surface area (Å²) in [6, 6.07) is 3.58. The van der Waals surface area contributed by atoms with Crippen LogP contribution in [0.4, 0.5) is 13.2 Å². The number of hydrogen-bond donors (Lipinski definition) is 0. The maximum atomic E-state index is 12.6. The van der Waals surface area contributed by atoms with Gasteiger partial charge in [-0.25, -0.2) is 9.18 Å². The van der Waals surface area contributed by atoms with Gasteiger partial charge < -0.3 is 9.15 Å². The van der Waals surface area contributed by atoms with Gasteiger partial charge in [0.1, 0.15) is 13.8 Å². The Hall–Kier alpha value is -1.24. The fourth-order valence-corrected chi connectivity index (χ4v) is 2.34. The molecule has 3 nitrogen and oxygen atoms in total. The number of hydrogen-bond acceptors (Lipinski definition) is 3. The van der Waals surface area contributed by atoms with E-state index in [1.165, 1.54) is 0 Å². The van der Waals surface area contributed by atoms with Crippen LogP contribution in [-0.4, -0.2) is 33.2 Å². The van der Waals surface area contributed by atoms with Crippen molar-refractivity contribution < 1.29 is 27.1 Å². The van der Waals surface area contributed by atoms with E-state index in [0.717, 1.165) is 5.38 Å². The minimum atomic E-state index is -4.06. The van der Waals surface area contributed by atoms with E-state index in [2.05, 4.69) is 24.4 Å². The van der Waals surface area contributed by atoms with E-state index < -0.39 is 26.6 Å². The summed E-state index contributed by atoms with van der Waals surface area (Å²) >= 11 is 0. The molecule has 0 aliphatic rings. The van der Waals surface area contributed by atoms with Crippen molar-refractivity contribution in [1.82, 2.24) is 0 Å². The van der Waals surface area contributed by atoms with Crippen molar-refractivity contribution in [3.63, 3.8) is 0 Å². The molecular formula is C12H17F3O3Si. The highest BCUT2D eigenvalue weighted by Gasteiger charge is 2.40. The topological polar surface area (TPSA) is 39.4 Å². The lowest BCUT2D eigenvalue weighted by atomic mass is 10.3. The third-order valence-corrected chi connectivity index (χ3v) is 4.20. The molecule has 19 heavy (non-hydrogen) atoms. The molecule has 0 bridgehead atoms. The highest BCUT2D eigenvalue weighted by Crippen LogP contribution is 2.16. The summed E-state index contributed by atoms with van der Waals surface area (Å²) in [7, 11) is -1.55. The Morgan fingerprint density at radius 2 is 2.00 bits per heavy atom. The van der Waals surface area contributed by atoms with E-state index in [9.17, 15) is 18.0 Å². The van der Waals surface area contributed by atoms with Gasteiger partial charge in [0.15, 0.2) is 6.67 Å². The average Bonchev–Trinajstić information content (AvgIpc) is 2.77. The lowest BCUT2D eigenvalue weighted by Crippen LogP contribution is -2.36. The standard InChI is InChI=1S/C12H17F3O3Si/c1-19(2,3)10-5-4-9(18-10)6-7-17-11(16)12(14,15)8-13/h4-5H,6-8H2,1-3H3. The summed E-state index contributed by atoms with van der Waals surface area (Å²) in [5, 5.41) is 0.892. The van der Waals surface area contributed by atoms with E-state index in [1.54, 1.807) is 6.07 Å². The zero-order valence-corrected chi connectivity index (χ0v) is 12.1. The second-order valence-corrected chi connectivity index (χ2v) is 10.2. The molecule has 0 aliphatic heterocycles. The first-order valence-corrected chi connectivity index (χ1v) is 9.37. The molecule has 1 aromatic heterocycles. The van der Waals surface area contributed by atoms with Crippen LogP contribution >= 0.6 is 0 Å². The van der Waals surface area contributed by atoms with Crippen molar-refractivity contribution in [2.45, 2.75) is 32.0 Å². The van der Waals surface area contributed by atoms with Gasteiger partial charge in [-0.2, -0.15) is 8.78 Å². The second kappa shape index (κ2) is 5.81. The van der Waals surface area contributed by atoms with Crippen molar-refractivity contribution in [1.29, 1.82) is 0 Å². The number of rotatable bonds is 6. The Kier molecular flexibility index (Phi) is 4.84. The van der Waals surface area contributed by atoms with Crippen molar-refractivity contribution in [3.05, 3.63) is 17.9 Å². The number of alkyl halides is 3. The van der Waals surface area contributed by atoms with Crippen LogP contribution in [-0.2, 0) is 16.0 Å². The fourth-order valence-electron chi connectivity index (χ4n) is 1.32. The molecule has 1 rings (SSSR count). The average molecular weight is 294 g/mol. The van der Waals surface area contributed by atoms with E-state index in [-0.39, 0.29) is 13.0 Å². The van der Waals surface area contributed by atoms with E-state index >= 15 is 0 Å². The normalized spacial score (nSPS) is 12.5. The predicted molar refractivity (Wildman–Crippen MR) is 67.3 cm³/mol.